The third-order valence-corrected chi connectivity index (χ3v) is 4.35. The Morgan fingerprint density at radius 3 is 1.40 bits per heavy atom. The highest BCUT2D eigenvalue weighted by molar-refractivity contribution is 6.30. The molecule has 0 bridgehead atoms. The van der Waals surface area contributed by atoms with E-state index in [1.807, 2.05) is 0 Å². The molecule has 0 saturated carbocycles. The first-order valence-corrected chi connectivity index (χ1v) is 11.0. The molecule has 0 spiro atoms. The number of halogens is 8. The molecule has 0 aliphatic rings. The summed E-state index contributed by atoms with van der Waals surface area (Å²) in [5, 5.41) is 39.8. The number of aliphatic carboxylic acids is 1. The summed E-state index contributed by atoms with van der Waals surface area (Å²) in [7, 11) is 0. The first-order valence-electron chi connectivity index (χ1n) is 10.2. The first-order chi connectivity index (χ1) is 18.5. The zero-order valence-corrected chi connectivity index (χ0v) is 21.2. The van der Waals surface area contributed by atoms with Gasteiger partial charge in [0, 0.05) is 10.0 Å². The predicted octanol–water partition coefficient (Wildman–Crippen LogP) is 8.16. The monoisotopic (exact) mass is 616 g/mol. The van der Waals surface area contributed by atoms with Gasteiger partial charge < -0.3 is 20.1 Å². The second-order valence-corrected chi connectivity index (χ2v) is 7.64. The fourth-order valence-corrected chi connectivity index (χ4v) is 2.33. The Kier molecular flexibility index (Phi) is 12.6. The van der Waals surface area contributed by atoms with E-state index in [4.69, 9.17) is 38.5 Å². The lowest BCUT2D eigenvalue weighted by molar-refractivity contribution is -0.143. The number of rotatable bonds is 7. The maximum absolute atomic E-state index is 12.4. The van der Waals surface area contributed by atoms with Crippen LogP contribution >= 0.6 is 23.2 Å². The highest BCUT2D eigenvalue weighted by atomic mass is 35.5. The number of carboxylic acids is 1. The average molecular weight is 617 g/mol. The van der Waals surface area contributed by atoms with Crippen molar-refractivity contribution in [1.29, 1.82) is 0 Å². The Labute approximate surface area is 230 Å². The Balaban J connectivity index is 0.000000402. The molecule has 2 aromatic rings. The van der Waals surface area contributed by atoms with Gasteiger partial charge in [0.15, 0.2) is 0 Å². The quantitative estimate of drug-likeness (QED) is 0.0937. The van der Waals surface area contributed by atoms with Gasteiger partial charge in [0.1, 0.15) is 0 Å². The van der Waals surface area contributed by atoms with Crippen LogP contribution in [0.2, 0.25) is 10.0 Å². The Bertz CT molecular complexity index is 1310. The molecule has 0 saturated heterocycles. The summed E-state index contributed by atoms with van der Waals surface area (Å²) in [6.07, 6.45) is -10.4. The van der Waals surface area contributed by atoms with E-state index in [1.165, 1.54) is 55.5 Å². The number of aliphatic hydroxyl groups excluding tert-OH is 2. The molecule has 0 radical (unpaired) electrons. The molecule has 216 valence electrons. The molecular weight excluding hydrogens is 601 g/mol. The van der Waals surface area contributed by atoms with Gasteiger partial charge in [-0.15, -0.1) is 10.2 Å². The molecule has 0 heterocycles. The third-order valence-electron chi connectivity index (χ3n) is 3.84. The minimum absolute atomic E-state index is 0.0816. The van der Waals surface area contributed by atoms with E-state index in [9.17, 15) is 35.9 Å². The van der Waals surface area contributed by atoms with Crippen molar-refractivity contribution in [3.63, 3.8) is 0 Å². The predicted molar refractivity (Wildman–Crippen MR) is 128 cm³/mol. The normalized spacial score (nSPS) is 13.3. The van der Waals surface area contributed by atoms with Crippen LogP contribution < -0.4 is 0 Å². The molecule has 3 N–H and O–H groups in total. The number of benzene rings is 2. The van der Waals surface area contributed by atoms with Crippen LogP contribution in [0.1, 0.15) is 6.92 Å². The van der Waals surface area contributed by atoms with Crippen LogP contribution in [-0.2, 0) is 14.3 Å². The maximum atomic E-state index is 12.4. The molecule has 0 atom stereocenters. The van der Waals surface area contributed by atoms with Gasteiger partial charge in [-0.1, -0.05) is 23.2 Å². The van der Waals surface area contributed by atoms with E-state index in [0.29, 0.717) is 10.0 Å². The van der Waals surface area contributed by atoms with Crippen LogP contribution in [0.15, 0.2) is 91.9 Å². The number of hydrogen-bond donors (Lipinski definition) is 3. The van der Waals surface area contributed by atoms with Crippen molar-refractivity contribution < 1.29 is 56.0 Å². The molecule has 0 aromatic heterocycles. The van der Waals surface area contributed by atoms with Crippen LogP contribution in [0, 0.1) is 0 Å². The number of alkyl halides is 6. The lowest BCUT2D eigenvalue weighted by Gasteiger charge is -2.08. The topological polar surface area (TPSA) is 153 Å². The van der Waals surface area contributed by atoms with Crippen molar-refractivity contribution in [3.8, 4) is 0 Å². The standard InChI is InChI=1S/C12H10ClF3N2O3.C10H6ClF3N2O3/c1-2-21-11(20)9(10(19)12(14,15)16)18-17-8-5-3-7(13)4-6-8;11-5-1-3-6(4-2-5)15-16-7(9(18)19)8(17)10(12,13)14/h3-6,19H,2H2,1H3;1-4,17H,(H,18,19). The first kappa shape index (κ1) is 33.8. The van der Waals surface area contributed by atoms with E-state index in [1.54, 1.807) is 0 Å². The van der Waals surface area contributed by atoms with Gasteiger partial charge in [-0.2, -0.15) is 36.6 Å². The van der Waals surface area contributed by atoms with Crippen LogP contribution in [-0.4, -0.2) is 46.2 Å². The average Bonchev–Trinajstić information content (AvgIpc) is 2.85. The van der Waals surface area contributed by atoms with Gasteiger partial charge in [0.2, 0.25) is 22.9 Å². The lowest BCUT2D eigenvalue weighted by Crippen LogP contribution is -2.18. The number of nitrogens with zero attached hydrogens (tertiary/aromatic N) is 4. The van der Waals surface area contributed by atoms with Crippen LogP contribution in [0.3, 0.4) is 0 Å². The van der Waals surface area contributed by atoms with Crippen molar-refractivity contribution in [2.24, 2.45) is 20.5 Å². The fourth-order valence-electron chi connectivity index (χ4n) is 2.08. The number of aliphatic hydroxyl groups is 2. The number of ether oxygens (including phenoxy) is 1. The summed E-state index contributed by atoms with van der Waals surface area (Å²) >= 11 is 11.2. The SMILES string of the molecule is CCOC(=O)C(N=Nc1ccc(Cl)cc1)=C(O)C(F)(F)F.O=C(O)C(N=Nc1ccc(Cl)cc1)=C(O)C(F)(F)F. The lowest BCUT2D eigenvalue weighted by atomic mass is 10.3. The number of carboxylic acid groups (broad SMARTS) is 1. The summed E-state index contributed by atoms with van der Waals surface area (Å²) in [5.74, 6) is -7.96. The summed E-state index contributed by atoms with van der Waals surface area (Å²) in [4.78, 5) is 22.0. The molecule has 0 aliphatic heterocycles. The van der Waals surface area contributed by atoms with E-state index in [2.05, 4.69) is 25.2 Å². The molecule has 18 heteroatoms. The maximum Gasteiger partial charge on any atom is 0.451 e. The van der Waals surface area contributed by atoms with E-state index in [-0.39, 0.29) is 18.0 Å². The Morgan fingerprint density at radius 1 is 0.725 bits per heavy atom. The van der Waals surface area contributed by atoms with Gasteiger partial charge >= 0.3 is 24.3 Å². The number of azo groups is 2. The molecule has 0 unspecified atom stereocenters. The Morgan fingerprint density at radius 2 is 1.07 bits per heavy atom. The van der Waals surface area contributed by atoms with Crippen molar-refractivity contribution in [2.75, 3.05) is 6.61 Å². The van der Waals surface area contributed by atoms with Gasteiger partial charge in [-0.25, -0.2) is 9.59 Å². The van der Waals surface area contributed by atoms with Gasteiger partial charge in [0.25, 0.3) is 0 Å². The van der Waals surface area contributed by atoms with E-state index in [0.717, 1.165) is 0 Å². The van der Waals surface area contributed by atoms with Crippen molar-refractivity contribution >= 4 is 46.5 Å². The Hall–Kier alpha value is -4.18. The van der Waals surface area contributed by atoms with Crippen molar-refractivity contribution in [2.45, 2.75) is 19.3 Å². The molecule has 2 rings (SSSR count). The van der Waals surface area contributed by atoms with Gasteiger partial charge in [-0.05, 0) is 55.5 Å². The molecule has 40 heavy (non-hydrogen) atoms. The summed E-state index contributed by atoms with van der Waals surface area (Å²) in [6, 6.07) is 11.0. The zero-order chi connectivity index (χ0) is 30.7. The van der Waals surface area contributed by atoms with Crippen LogP contribution in [0.5, 0.6) is 0 Å². The van der Waals surface area contributed by atoms with E-state index >= 15 is 0 Å². The highest BCUT2D eigenvalue weighted by Crippen LogP contribution is 2.29. The molecule has 10 nitrogen and oxygen atoms in total. The number of carbonyl (C=O) groups excluding carboxylic acids is 1. The molecule has 2 aromatic carbocycles. The largest absolute Gasteiger partial charge is 0.502 e. The van der Waals surface area contributed by atoms with Crippen molar-refractivity contribution in [1.82, 2.24) is 0 Å². The van der Waals surface area contributed by atoms with E-state index < -0.39 is 47.2 Å². The smallest absolute Gasteiger partial charge is 0.451 e. The fraction of sp³-hybridized carbons (Fsp3) is 0.182. The summed E-state index contributed by atoms with van der Waals surface area (Å²) < 4.78 is 78.2. The summed E-state index contributed by atoms with van der Waals surface area (Å²) in [5.41, 5.74) is -2.68. The second-order valence-electron chi connectivity index (χ2n) is 6.77. The summed E-state index contributed by atoms with van der Waals surface area (Å²) in [6.45, 7) is 1.22. The number of allylic oxidation sites excluding steroid dienone is 2. The number of esters is 1. The third kappa shape index (κ3) is 11.3. The molecule has 0 amide bonds. The van der Waals surface area contributed by atoms with Gasteiger partial charge in [0.05, 0.1) is 18.0 Å². The molecule has 0 aliphatic carbocycles. The number of hydrogen-bond acceptors (Lipinski definition) is 9. The minimum Gasteiger partial charge on any atom is -0.502 e. The zero-order valence-electron chi connectivity index (χ0n) is 19.7. The highest BCUT2D eigenvalue weighted by Gasteiger charge is 2.40. The molecule has 0 fully saturated rings. The van der Waals surface area contributed by atoms with Gasteiger partial charge in [-0.3, -0.25) is 0 Å². The second kappa shape index (κ2) is 14.8. The molecular formula is C22H16Cl2F6N4O6. The van der Waals surface area contributed by atoms with Crippen molar-refractivity contribution in [3.05, 3.63) is 81.5 Å². The van der Waals surface area contributed by atoms with Crippen LogP contribution in [0.25, 0.3) is 0 Å². The van der Waals surface area contributed by atoms with Crippen LogP contribution in [0.4, 0.5) is 37.7 Å². The minimum atomic E-state index is -5.22. The number of carbonyl (C=O) groups is 2.